The van der Waals surface area contributed by atoms with E-state index in [-0.39, 0.29) is 17.2 Å². The molecule has 0 saturated carbocycles. The molecule has 1 heterocycles. The zero-order valence-corrected chi connectivity index (χ0v) is 13.4. The van der Waals surface area contributed by atoms with Gasteiger partial charge in [-0.15, -0.1) is 0 Å². The average Bonchev–Trinajstić information content (AvgIpc) is 2.81. The van der Waals surface area contributed by atoms with Crippen molar-refractivity contribution in [2.24, 2.45) is 5.92 Å². The quantitative estimate of drug-likeness (QED) is 0.684. The maximum atomic E-state index is 12.5. The van der Waals surface area contributed by atoms with Crippen LogP contribution in [0.3, 0.4) is 0 Å². The summed E-state index contributed by atoms with van der Waals surface area (Å²) in [6.07, 6.45) is 0.319. The zero-order valence-electron chi connectivity index (χ0n) is 11.7. The molecule has 0 bridgehead atoms. The topological polar surface area (TPSA) is 29.5 Å². The monoisotopic (exact) mass is 309 g/mol. The largest absolute Gasteiger partial charge is 0.468 e. The second kappa shape index (κ2) is 6.59. The Balaban J connectivity index is 2.06. The number of hydrogen-bond acceptors (Lipinski definition) is 4. The molecular formula is C15H19NO2S2. The molecular weight excluding hydrogens is 290 g/mol. The van der Waals surface area contributed by atoms with E-state index in [0.29, 0.717) is 24.1 Å². The van der Waals surface area contributed by atoms with Crippen LogP contribution in [0.2, 0.25) is 0 Å². The van der Waals surface area contributed by atoms with E-state index in [9.17, 15) is 4.79 Å². The first kappa shape index (κ1) is 15.3. The Morgan fingerprint density at radius 1 is 1.45 bits per heavy atom. The van der Waals surface area contributed by atoms with E-state index in [4.69, 9.17) is 17.0 Å². The molecule has 1 saturated heterocycles. The van der Waals surface area contributed by atoms with E-state index in [0.717, 1.165) is 5.56 Å². The van der Waals surface area contributed by atoms with E-state index in [1.165, 1.54) is 0 Å². The van der Waals surface area contributed by atoms with Gasteiger partial charge in [0, 0.05) is 11.7 Å². The van der Waals surface area contributed by atoms with Crippen molar-refractivity contribution in [1.82, 2.24) is 4.90 Å². The van der Waals surface area contributed by atoms with E-state index in [2.05, 4.69) is 26.5 Å². The molecule has 3 nitrogen and oxygen atoms in total. The predicted molar refractivity (Wildman–Crippen MR) is 86.8 cm³/mol. The highest BCUT2D eigenvalue weighted by Crippen LogP contribution is 2.27. The van der Waals surface area contributed by atoms with Gasteiger partial charge in [-0.1, -0.05) is 44.2 Å². The van der Waals surface area contributed by atoms with Crippen LogP contribution in [-0.2, 0) is 9.53 Å². The summed E-state index contributed by atoms with van der Waals surface area (Å²) < 4.78 is 5.36. The summed E-state index contributed by atoms with van der Waals surface area (Å²) in [5.74, 6) is 0.296. The summed E-state index contributed by atoms with van der Waals surface area (Å²) >= 11 is 9.67. The first-order valence-electron chi connectivity index (χ1n) is 6.72. The number of thiocarbonyl (C=S) groups is 1. The van der Waals surface area contributed by atoms with Crippen LogP contribution < -0.4 is 0 Å². The smallest absolute Gasteiger partial charge is 0.266 e. The zero-order chi connectivity index (χ0) is 14.7. The summed E-state index contributed by atoms with van der Waals surface area (Å²) in [6.45, 7) is 4.63. The van der Waals surface area contributed by atoms with Gasteiger partial charge in [-0.25, -0.2) is 0 Å². The molecule has 0 aliphatic carbocycles. The summed E-state index contributed by atoms with van der Waals surface area (Å²) in [7, 11) is 0. The Morgan fingerprint density at radius 3 is 2.70 bits per heavy atom. The first-order chi connectivity index (χ1) is 9.50. The van der Waals surface area contributed by atoms with Crippen molar-refractivity contribution in [1.29, 1.82) is 0 Å². The lowest BCUT2D eigenvalue weighted by Gasteiger charge is -2.25. The van der Waals surface area contributed by atoms with Crippen molar-refractivity contribution in [2.45, 2.75) is 31.6 Å². The first-order valence-corrected chi connectivity index (χ1v) is 7.65. The number of carbonyl (C=O) groups is 1. The number of carbonyl (C=O) groups excluding carboxylic acids is 1. The molecule has 0 spiro atoms. The lowest BCUT2D eigenvalue weighted by atomic mass is 10.0. The van der Waals surface area contributed by atoms with Gasteiger partial charge in [0.2, 0.25) is 5.91 Å². The highest BCUT2D eigenvalue weighted by atomic mass is 32.1. The van der Waals surface area contributed by atoms with Crippen molar-refractivity contribution < 1.29 is 9.53 Å². The summed E-state index contributed by atoms with van der Waals surface area (Å²) in [5.41, 5.74) is 1.04. The predicted octanol–water partition coefficient (Wildman–Crippen LogP) is 3.22. The van der Waals surface area contributed by atoms with Gasteiger partial charge in [0.15, 0.2) is 0 Å². The minimum Gasteiger partial charge on any atom is -0.468 e. The number of rotatable bonds is 4. The van der Waals surface area contributed by atoms with Crippen LogP contribution in [0, 0.1) is 5.92 Å². The molecule has 1 amide bonds. The van der Waals surface area contributed by atoms with Crippen molar-refractivity contribution in [2.75, 3.05) is 6.61 Å². The molecule has 1 aromatic carbocycles. The van der Waals surface area contributed by atoms with Crippen LogP contribution in [0.5, 0.6) is 0 Å². The Kier molecular flexibility index (Phi) is 5.05. The molecule has 2 rings (SSSR count). The van der Waals surface area contributed by atoms with Crippen LogP contribution in [0.15, 0.2) is 30.3 Å². The Labute approximate surface area is 130 Å². The van der Waals surface area contributed by atoms with Crippen molar-refractivity contribution >= 4 is 35.9 Å². The number of thiol groups is 1. The second-order valence-corrected chi connectivity index (χ2v) is 6.26. The molecule has 1 aromatic rings. The van der Waals surface area contributed by atoms with Gasteiger partial charge in [-0.3, -0.25) is 9.69 Å². The molecule has 20 heavy (non-hydrogen) atoms. The third kappa shape index (κ3) is 3.33. The molecule has 0 aromatic heterocycles. The van der Waals surface area contributed by atoms with Crippen LogP contribution in [0.4, 0.5) is 0 Å². The third-order valence-electron chi connectivity index (χ3n) is 3.50. The van der Waals surface area contributed by atoms with E-state index >= 15 is 0 Å². The van der Waals surface area contributed by atoms with E-state index < -0.39 is 0 Å². The highest BCUT2D eigenvalue weighted by molar-refractivity contribution is 7.80. The van der Waals surface area contributed by atoms with Crippen LogP contribution in [0.1, 0.15) is 31.1 Å². The van der Waals surface area contributed by atoms with Gasteiger partial charge >= 0.3 is 0 Å². The molecule has 1 aliphatic heterocycles. The van der Waals surface area contributed by atoms with Gasteiger partial charge in [-0.2, -0.15) is 12.6 Å². The number of amides is 1. The molecule has 5 heteroatoms. The molecule has 1 fully saturated rings. The second-order valence-electron chi connectivity index (χ2n) is 5.28. The Morgan fingerprint density at radius 2 is 2.10 bits per heavy atom. The molecule has 0 unspecified atom stereocenters. The normalized spacial score (nSPS) is 20.1. The minimum absolute atomic E-state index is 0.0185. The molecule has 1 aliphatic rings. The van der Waals surface area contributed by atoms with Gasteiger partial charge < -0.3 is 4.74 Å². The van der Waals surface area contributed by atoms with Crippen molar-refractivity contribution in [3.05, 3.63) is 35.9 Å². The van der Waals surface area contributed by atoms with Gasteiger partial charge in [0.05, 0.1) is 6.04 Å². The van der Waals surface area contributed by atoms with Gasteiger partial charge in [0.1, 0.15) is 6.61 Å². The fourth-order valence-electron chi connectivity index (χ4n) is 2.27. The van der Waals surface area contributed by atoms with Crippen LogP contribution in [-0.4, -0.2) is 28.6 Å². The van der Waals surface area contributed by atoms with Crippen LogP contribution in [0.25, 0.3) is 0 Å². The molecule has 0 N–H and O–H groups in total. The van der Waals surface area contributed by atoms with Crippen molar-refractivity contribution in [3.63, 3.8) is 0 Å². The lowest BCUT2D eigenvalue weighted by Crippen LogP contribution is -2.41. The maximum Gasteiger partial charge on any atom is 0.266 e. The van der Waals surface area contributed by atoms with E-state index in [1.54, 1.807) is 4.90 Å². The van der Waals surface area contributed by atoms with Gasteiger partial charge in [-0.05, 0) is 23.7 Å². The molecule has 0 radical (unpaired) electrons. The standard InChI is InChI=1S/C15H19NO2S2/c1-10(2)12-9-18-15(20)16(12)14(17)8-13(19)11-6-4-3-5-7-11/h3-7,10,12-13,19H,8-9H2,1-2H3/t12-,13+/m1/s1. The van der Waals surface area contributed by atoms with Gasteiger partial charge in [0.25, 0.3) is 5.17 Å². The minimum atomic E-state index is -0.125. The lowest BCUT2D eigenvalue weighted by molar-refractivity contribution is -0.128. The highest BCUT2D eigenvalue weighted by Gasteiger charge is 2.37. The number of hydrogen-bond donors (Lipinski definition) is 1. The Bertz CT molecular complexity index is 490. The van der Waals surface area contributed by atoms with Crippen LogP contribution >= 0.6 is 24.8 Å². The summed E-state index contributed by atoms with van der Waals surface area (Å²) in [4.78, 5) is 14.1. The molecule has 108 valence electrons. The number of benzene rings is 1. The maximum absolute atomic E-state index is 12.5. The fourth-order valence-corrected chi connectivity index (χ4v) is 2.90. The Hall–Kier alpha value is -1.07. The third-order valence-corrected chi connectivity index (χ3v) is 4.29. The molecule has 2 atom stereocenters. The van der Waals surface area contributed by atoms with Crippen molar-refractivity contribution in [3.8, 4) is 0 Å². The number of nitrogens with zero attached hydrogens (tertiary/aromatic N) is 1. The fraction of sp³-hybridized carbons (Fsp3) is 0.467. The summed E-state index contributed by atoms with van der Waals surface area (Å²) in [6, 6.07) is 9.83. The number of ether oxygens (including phenoxy) is 1. The average molecular weight is 309 g/mol. The SMILES string of the molecule is CC(C)[C@H]1COC(=S)N1C(=O)C[C@H](S)c1ccccc1. The summed E-state index contributed by atoms with van der Waals surface area (Å²) in [5, 5.41) is 0.169. The van der Waals surface area contributed by atoms with E-state index in [1.807, 2.05) is 30.3 Å².